The van der Waals surface area contributed by atoms with Gasteiger partial charge < -0.3 is 19.5 Å². The molecule has 7 nitrogen and oxygen atoms in total. The van der Waals surface area contributed by atoms with Crippen LogP contribution < -0.4 is 19.3 Å². The lowest BCUT2D eigenvalue weighted by atomic mass is 9.95. The van der Waals surface area contributed by atoms with E-state index in [0.717, 1.165) is 5.69 Å². The molecule has 186 valence electrons. The minimum atomic E-state index is -0.819. The lowest BCUT2D eigenvalue weighted by Crippen LogP contribution is -2.29. The van der Waals surface area contributed by atoms with E-state index in [1.54, 1.807) is 49.6 Å². The molecule has 3 aromatic rings. The van der Waals surface area contributed by atoms with E-state index in [1.807, 2.05) is 50.2 Å². The number of aliphatic hydroxyl groups excluding tert-OH is 1. The van der Waals surface area contributed by atoms with Gasteiger partial charge in [-0.3, -0.25) is 14.5 Å². The van der Waals surface area contributed by atoms with Crippen LogP contribution in [0.25, 0.3) is 5.76 Å². The third kappa shape index (κ3) is 4.68. The molecule has 0 spiro atoms. The highest BCUT2D eigenvalue weighted by molar-refractivity contribution is 9.10. The number of ether oxygens (including phenoxy) is 2. The summed E-state index contributed by atoms with van der Waals surface area (Å²) in [5.74, 6) is -0.484. The number of ketones is 1. The number of carbonyl (C=O) groups excluding carboxylic acids is 2. The summed E-state index contributed by atoms with van der Waals surface area (Å²) in [5, 5.41) is 11.3. The largest absolute Gasteiger partial charge is 0.507 e. The Morgan fingerprint density at radius 3 is 2.25 bits per heavy atom. The minimum absolute atomic E-state index is 0.0172. The van der Waals surface area contributed by atoms with Crippen molar-refractivity contribution in [2.75, 3.05) is 37.6 Å². The van der Waals surface area contributed by atoms with Gasteiger partial charge in [0.1, 0.15) is 17.3 Å². The summed E-state index contributed by atoms with van der Waals surface area (Å²) < 4.78 is 11.4. The molecule has 1 unspecified atom stereocenters. The van der Waals surface area contributed by atoms with Crippen molar-refractivity contribution in [3.63, 3.8) is 0 Å². The van der Waals surface area contributed by atoms with Crippen LogP contribution in [0.4, 0.5) is 11.4 Å². The van der Waals surface area contributed by atoms with Crippen LogP contribution in [0.15, 0.2) is 76.8 Å². The summed E-state index contributed by atoms with van der Waals surface area (Å²) in [6, 6.07) is 18.7. The minimum Gasteiger partial charge on any atom is -0.507 e. The van der Waals surface area contributed by atoms with E-state index >= 15 is 0 Å². The number of amides is 1. The van der Waals surface area contributed by atoms with Gasteiger partial charge in [0, 0.05) is 31.0 Å². The van der Waals surface area contributed by atoms with Gasteiger partial charge in [-0.2, -0.15) is 0 Å². The number of Topliss-reactive ketones (excluding diaryl/α,β-unsaturated/α-hetero) is 1. The second-order valence-electron chi connectivity index (χ2n) is 8.43. The number of hydrogen-bond acceptors (Lipinski definition) is 6. The highest BCUT2D eigenvalue weighted by atomic mass is 79.9. The van der Waals surface area contributed by atoms with E-state index in [2.05, 4.69) is 15.9 Å². The van der Waals surface area contributed by atoms with Crippen molar-refractivity contribution in [2.45, 2.75) is 13.0 Å². The van der Waals surface area contributed by atoms with Gasteiger partial charge in [0.2, 0.25) is 0 Å². The molecule has 1 atom stereocenters. The first-order valence-electron chi connectivity index (χ1n) is 11.4. The molecule has 0 bridgehead atoms. The smallest absolute Gasteiger partial charge is 0.300 e. The van der Waals surface area contributed by atoms with Crippen LogP contribution in [0.5, 0.6) is 11.5 Å². The van der Waals surface area contributed by atoms with Crippen molar-refractivity contribution in [1.82, 2.24) is 0 Å². The lowest BCUT2D eigenvalue weighted by molar-refractivity contribution is -0.132. The molecule has 1 N–H and O–H groups in total. The highest BCUT2D eigenvalue weighted by Gasteiger charge is 2.47. The van der Waals surface area contributed by atoms with Crippen molar-refractivity contribution < 1.29 is 24.2 Å². The Bertz CT molecular complexity index is 1320. The van der Waals surface area contributed by atoms with Crippen molar-refractivity contribution in [3.8, 4) is 11.5 Å². The van der Waals surface area contributed by atoms with Crippen molar-refractivity contribution in [3.05, 3.63) is 87.9 Å². The molecule has 1 aliphatic rings. The molecule has 1 aliphatic heterocycles. The first-order chi connectivity index (χ1) is 17.3. The Hall–Kier alpha value is -3.78. The maximum Gasteiger partial charge on any atom is 0.300 e. The monoisotopic (exact) mass is 550 g/mol. The second-order valence-corrected chi connectivity index (χ2v) is 9.29. The van der Waals surface area contributed by atoms with Gasteiger partial charge in [0.25, 0.3) is 11.7 Å². The Balaban J connectivity index is 1.89. The van der Waals surface area contributed by atoms with Gasteiger partial charge >= 0.3 is 0 Å². The molecule has 0 aliphatic carbocycles. The van der Waals surface area contributed by atoms with Gasteiger partial charge in [-0.1, -0.05) is 12.1 Å². The topological polar surface area (TPSA) is 79.3 Å². The van der Waals surface area contributed by atoms with E-state index in [4.69, 9.17) is 9.47 Å². The number of hydrogen-bond donors (Lipinski definition) is 1. The summed E-state index contributed by atoms with van der Waals surface area (Å²) in [7, 11) is 5.41. The molecule has 0 aromatic heterocycles. The van der Waals surface area contributed by atoms with E-state index < -0.39 is 17.7 Å². The summed E-state index contributed by atoms with van der Waals surface area (Å²) in [4.78, 5) is 30.1. The Morgan fingerprint density at radius 1 is 1.03 bits per heavy atom. The zero-order chi connectivity index (χ0) is 26.0. The molecule has 1 heterocycles. The van der Waals surface area contributed by atoms with Crippen molar-refractivity contribution in [1.29, 1.82) is 0 Å². The number of halogens is 1. The van der Waals surface area contributed by atoms with Crippen LogP contribution in [0.1, 0.15) is 24.1 Å². The number of nitrogens with zero attached hydrogens (tertiary/aromatic N) is 2. The Kier molecular flexibility index (Phi) is 7.35. The fraction of sp³-hybridized carbons (Fsp3) is 0.214. The predicted molar refractivity (Wildman–Crippen MR) is 144 cm³/mol. The van der Waals surface area contributed by atoms with E-state index in [1.165, 1.54) is 4.90 Å². The molecule has 1 saturated heterocycles. The molecular formula is C28H27BrN2O5. The third-order valence-corrected chi connectivity index (χ3v) is 6.64. The van der Waals surface area contributed by atoms with Gasteiger partial charge in [0.15, 0.2) is 0 Å². The van der Waals surface area contributed by atoms with E-state index in [9.17, 15) is 14.7 Å². The molecule has 36 heavy (non-hydrogen) atoms. The maximum atomic E-state index is 13.4. The average Bonchev–Trinajstić information content (AvgIpc) is 3.14. The predicted octanol–water partition coefficient (Wildman–Crippen LogP) is 5.55. The molecule has 1 amide bonds. The van der Waals surface area contributed by atoms with Gasteiger partial charge in [-0.05, 0) is 83.0 Å². The van der Waals surface area contributed by atoms with Crippen molar-refractivity contribution in [2.24, 2.45) is 0 Å². The molecule has 1 fully saturated rings. The Labute approximate surface area is 218 Å². The first-order valence-corrected chi connectivity index (χ1v) is 12.2. The van der Waals surface area contributed by atoms with Crippen LogP contribution in [-0.2, 0) is 9.59 Å². The van der Waals surface area contributed by atoms with Gasteiger partial charge in [0.05, 0.1) is 29.8 Å². The number of aliphatic hydroxyl groups is 1. The molecular weight excluding hydrogens is 524 g/mol. The van der Waals surface area contributed by atoms with Gasteiger partial charge in [-0.25, -0.2) is 0 Å². The standard InChI is InChI=1S/C28H27BrN2O5/c1-5-36-21-13-11-20(12-14-21)31-25(17-6-9-19(10-7-17)30(2)3)24(27(33)28(31)34)26(32)18-8-15-23(35-4)22(29)16-18/h6-16,25,32H,5H2,1-4H3/b26-24-. The number of carbonyl (C=O) groups is 2. The van der Waals surface area contributed by atoms with E-state index in [-0.39, 0.29) is 11.3 Å². The average molecular weight is 551 g/mol. The molecule has 8 heteroatoms. The summed E-state index contributed by atoms with van der Waals surface area (Å²) in [6.07, 6.45) is 0. The van der Waals surface area contributed by atoms with Crippen LogP contribution in [0.3, 0.4) is 0 Å². The molecule has 3 aromatic carbocycles. The molecule has 0 saturated carbocycles. The number of methoxy groups -OCH3 is 1. The fourth-order valence-corrected chi connectivity index (χ4v) is 4.75. The Morgan fingerprint density at radius 2 is 1.69 bits per heavy atom. The zero-order valence-corrected chi connectivity index (χ0v) is 22.1. The molecule has 4 rings (SSSR count). The number of anilines is 2. The second kappa shape index (κ2) is 10.5. The maximum absolute atomic E-state index is 13.4. The van der Waals surface area contributed by atoms with Crippen LogP contribution in [-0.4, -0.2) is 44.6 Å². The van der Waals surface area contributed by atoms with Gasteiger partial charge in [-0.15, -0.1) is 0 Å². The van der Waals surface area contributed by atoms with E-state index in [0.29, 0.717) is 39.4 Å². The third-order valence-electron chi connectivity index (χ3n) is 6.02. The number of benzene rings is 3. The summed E-state index contributed by atoms with van der Waals surface area (Å²) in [6.45, 7) is 2.40. The fourth-order valence-electron chi connectivity index (χ4n) is 4.21. The zero-order valence-electron chi connectivity index (χ0n) is 20.5. The van der Waals surface area contributed by atoms with Crippen molar-refractivity contribution >= 4 is 44.8 Å². The molecule has 0 radical (unpaired) electrons. The van der Waals surface area contributed by atoms with Crippen LogP contribution >= 0.6 is 15.9 Å². The lowest BCUT2D eigenvalue weighted by Gasteiger charge is -2.26. The highest BCUT2D eigenvalue weighted by Crippen LogP contribution is 2.43. The summed E-state index contributed by atoms with van der Waals surface area (Å²) in [5.41, 5.74) is 2.60. The first kappa shape index (κ1) is 25.3. The van der Waals surface area contributed by atoms with Crippen LogP contribution in [0, 0.1) is 0 Å². The summed E-state index contributed by atoms with van der Waals surface area (Å²) >= 11 is 3.42. The SMILES string of the molecule is CCOc1ccc(N2C(=O)C(=O)/C(=C(\O)c3ccc(OC)c(Br)c3)C2c2ccc(N(C)C)cc2)cc1. The normalized spacial score (nSPS) is 16.8. The quantitative estimate of drug-likeness (QED) is 0.236. The number of rotatable bonds is 7. The van der Waals surface area contributed by atoms with Crippen LogP contribution in [0.2, 0.25) is 0 Å².